The fourth-order valence-corrected chi connectivity index (χ4v) is 6.93. The van der Waals surface area contributed by atoms with Crippen molar-refractivity contribution in [2.45, 2.75) is 57.3 Å². The van der Waals surface area contributed by atoms with E-state index in [9.17, 15) is 5.11 Å². The quantitative estimate of drug-likeness (QED) is 0.321. The largest absolute Gasteiger partial charge is 0.508 e. The maximum absolute atomic E-state index is 16.7. The summed E-state index contributed by atoms with van der Waals surface area (Å²) in [4.78, 5) is 14.1. The normalized spacial score (nSPS) is 23.1. The molecule has 7 nitrogen and oxygen atoms in total. The molecule has 0 radical (unpaired) electrons. The van der Waals surface area contributed by atoms with E-state index in [1.807, 2.05) is 24.3 Å². The molecule has 3 unspecified atom stereocenters. The van der Waals surface area contributed by atoms with Crippen molar-refractivity contribution in [3.8, 4) is 22.9 Å². The molecule has 208 valence electrons. The Kier molecular flexibility index (Phi) is 6.45. The second-order valence-corrected chi connectivity index (χ2v) is 12.1. The van der Waals surface area contributed by atoms with E-state index in [1.54, 1.807) is 18.2 Å². The number of aromatic hydroxyl groups is 1. The van der Waals surface area contributed by atoms with Crippen molar-refractivity contribution in [2.24, 2.45) is 0 Å². The van der Waals surface area contributed by atoms with E-state index in [4.69, 9.17) is 21.3 Å². The smallest absolute Gasteiger partial charge is 0.319 e. The maximum Gasteiger partial charge on any atom is 0.319 e. The summed E-state index contributed by atoms with van der Waals surface area (Å²) in [6.45, 7) is 7.66. The van der Waals surface area contributed by atoms with Crippen LogP contribution in [0.1, 0.15) is 33.1 Å². The average Bonchev–Trinajstić information content (AvgIpc) is 3.54. The number of anilines is 1. The number of hydrogen-bond donors (Lipinski definition) is 2. The first-order valence-corrected chi connectivity index (χ1v) is 14.6. The van der Waals surface area contributed by atoms with E-state index in [1.165, 1.54) is 0 Å². The molecule has 7 rings (SSSR count). The van der Waals surface area contributed by atoms with Crippen LogP contribution < -0.4 is 15.0 Å². The zero-order valence-electron chi connectivity index (χ0n) is 22.7. The molecule has 3 aliphatic rings. The lowest BCUT2D eigenvalue weighted by molar-refractivity contribution is 0.175. The predicted molar refractivity (Wildman–Crippen MR) is 157 cm³/mol. The molecule has 0 saturated carbocycles. The Morgan fingerprint density at radius 2 is 1.80 bits per heavy atom. The Bertz CT molecular complexity index is 1600. The summed E-state index contributed by atoms with van der Waals surface area (Å²) in [5.41, 5.74) is 0.909. The van der Waals surface area contributed by atoms with E-state index in [0.717, 1.165) is 56.2 Å². The number of piperazine rings is 1. The van der Waals surface area contributed by atoms with Gasteiger partial charge in [0.25, 0.3) is 0 Å². The van der Waals surface area contributed by atoms with Gasteiger partial charge in [-0.1, -0.05) is 35.9 Å². The Hall–Kier alpha value is -3.20. The van der Waals surface area contributed by atoms with Crippen LogP contribution in [0, 0.1) is 5.82 Å². The van der Waals surface area contributed by atoms with Crippen LogP contribution in [0.5, 0.6) is 11.8 Å². The second-order valence-electron chi connectivity index (χ2n) is 11.6. The summed E-state index contributed by atoms with van der Waals surface area (Å²) >= 11 is 6.85. The molecule has 2 bridgehead atoms. The second kappa shape index (κ2) is 10.0. The van der Waals surface area contributed by atoms with Crippen molar-refractivity contribution >= 4 is 39.1 Å². The minimum absolute atomic E-state index is 0.0453. The average molecular weight is 562 g/mol. The molecule has 4 aromatic rings. The minimum atomic E-state index is -0.542. The molecular weight excluding hydrogens is 529 g/mol. The zero-order chi connectivity index (χ0) is 27.5. The van der Waals surface area contributed by atoms with Gasteiger partial charge in [-0.25, -0.2) is 4.39 Å². The highest BCUT2D eigenvalue weighted by Crippen LogP contribution is 2.43. The summed E-state index contributed by atoms with van der Waals surface area (Å²) < 4.78 is 23.0. The number of nitrogens with zero attached hydrogens (tertiary/aromatic N) is 4. The molecule has 0 amide bonds. The van der Waals surface area contributed by atoms with Crippen LogP contribution in [0.25, 0.3) is 32.8 Å². The molecule has 0 aliphatic carbocycles. The minimum Gasteiger partial charge on any atom is -0.508 e. The molecular formula is C31H33ClFN5O2. The van der Waals surface area contributed by atoms with Gasteiger partial charge < -0.3 is 20.1 Å². The van der Waals surface area contributed by atoms with Gasteiger partial charge in [-0.05, 0) is 67.6 Å². The molecule has 3 aromatic carbocycles. The first kappa shape index (κ1) is 25.7. The summed E-state index contributed by atoms with van der Waals surface area (Å²) in [5.74, 6) is 0.161. The van der Waals surface area contributed by atoms with Crippen LogP contribution >= 0.6 is 11.6 Å². The van der Waals surface area contributed by atoms with Crippen LogP contribution in [0.3, 0.4) is 0 Å². The van der Waals surface area contributed by atoms with Gasteiger partial charge >= 0.3 is 6.01 Å². The van der Waals surface area contributed by atoms with Crippen LogP contribution in [-0.4, -0.2) is 70.4 Å². The van der Waals surface area contributed by atoms with Crippen LogP contribution in [0.4, 0.5) is 10.2 Å². The van der Waals surface area contributed by atoms with Crippen molar-refractivity contribution in [2.75, 3.05) is 31.1 Å². The van der Waals surface area contributed by atoms with Crippen molar-refractivity contribution in [1.29, 1.82) is 0 Å². The van der Waals surface area contributed by atoms with Crippen molar-refractivity contribution in [1.82, 2.24) is 20.2 Å². The van der Waals surface area contributed by atoms with Gasteiger partial charge in [0.1, 0.15) is 23.2 Å². The van der Waals surface area contributed by atoms with Gasteiger partial charge in [0.2, 0.25) is 0 Å². The SMILES string of the molecule is CC(C)N1CCC(Oc2nc(N3CC4CCC(C3)N4)c3cc(Cl)c(-c4cc(O)cc5ccccc45)c(F)c3n2)C1. The third kappa shape index (κ3) is 4.52. The Balaban J connectivity index is 1.39. The van der Waals surface area contributed by atoms with E-state index in [2.05, 4.69) is 33.9 Å². The van der Waals surface area contributed by atoms with Crippen LogP contribution in [-0.2, 0) is 0 Å². The third-order valence-corrected chi connectivity index (χ3v) is 8.95. The van der Waals surface area contributed by atoms with Gasteiger partial charge in [-0.3, -0.25) is 4.90 Å². The highest BCUT2D eigenvalue weighted by atomic mass is 35.5. The van der Waals surface area contributed by atoms with Gasteiger partial charge in [-0.15, -0.1) is 0 Å². The number of phenolic OH excluding ortho intramolecular Hbond substituents is 1. The number of fused-ring (bicyclic) bond motifs is 4. The summed E-state index contributed by atoms with van der Waals surface area (Å²) in [6.07, 6.45) is 3.04. The highest BCUT2D eigenvalue weighted by molar-refractivity contribution is 6.35. The molecule has 1 aromatic heterocycles. The van der Waals surface area contributed by atoms with Gasteiger partial charge in [-0.2, -0.15) is 9.97 Å². The number of aromatic nitrogens is 2. The molecule has 0 spiro atoms. The molecule has 3 aliphatic heterocycles. The molecule has 40 heavy (non-hydrogen) atoms. The number of halogens is 2. The highest BCUT2D eigenvalue weighted by Gasteiger charge is 2.35. The lowest BCUT2D eigenvalue weighted by Crippen LogP contribution is -2.51. The van der Waals surface area contributed by atoms with E-state index in [-0.39, 0.29) is 34.0 Å². The van der Waals surface area contributed by atoms with Gasteiger partial charge in [0, 0.05) is 55.3 Å². The number of ether oxygens (including phenoxy) is 1. The van der Waals surface area contributed by atoms with Crippen molar-refractivity contribution in [3.63, 3.8) is 0 Å². The van der Waals surface area contributed by atoms with E-state index in [0.29, 0.717) is 34.9 Å². The van der Waals surface area contributed by atoms with E-state index < -0.39 is 5.82 Å². The van der Waals surface area contributed by atoms with Crippen LogP contribution in [0.2, 0.25) is 5.02 Å². The van der Waals surface area contributed by atoms with Gasteiger partial charge in [0.05, 0.1) is 5.02 Å². The monoisotopic (exact) mass is 561 g/mol. The van der Waals surface area contributed by atoms with Crippen LogP contribution in [0.15, 0.2) is 42.5 Å². The molecule has 4 heterocycles. The number of rotatable bonds is 5. The van der Waals surface area contributed by atoms with Gasteiger partial charge in [0.15, 0.2) is 5.82 Å². The van der Waals surface area contributed by atoms with Crippen molar-refractivity contribution < 1.29 is 14.2 Å². The number of benzene rings is 3. The Morgan fingerprint density at radius 1 is 1.02 bits per heavy atom. The number of phenols is 1. The van der Waals surface area contributed by atoms with E-state index >= 15 is 4.39 Å². The Morgan fingerprint density at radius 3 is 2.55 bits per heavy atom. The Labute approximate surface area is 237 Å². The predicted octanol–water partition coefficient (Wildman–Crippen LogP) is 5.75. The fourth-order valence-electron chi connectivity index (χ4n) is 6.64. The lowest BCUT2D eigenvalue weighted by atomic mass is 9.96. The summed E-state index contributed by atoms with van der Waals surface area (Å²) in [7, 11) is 0. The zero-order valence-corrected chi connectivity index (χ0v) is 23.5. The molecule has 3 fully saturated rings. The fraction of sp³-hybridized carbons (Fsp3) is 0.419. The standard InChI is InChI=1S/C31H33ClFN5O2/c1-17(2)37-10-9-22(16-37)40-31-35-29-25(30(36-31)38-14-19-7-8-20(15-38)34-19)13-26(32)27(28(29)33)24-12-21(39)11-18-5-3-4-6-23(18)24/h3-6,11-13,17,19-20,22,34,39H,7-10,14-16H2,1-2H3. The maximum atomic E-state index is 16.7. The number of hydrogen-bond acceptors (Lipinski definition) is 7. The third-order valence-electron chi connectivity index (χ3n) is 8.65. The first-order chi connectivity index (χ1) is 19.3. The first-order valence-electron chi connectivity index (χ1n) is 14.2. The topological polar surface area (TPSA) is 73.8 Å². The molecule has 3 saturated heterocycles. The lowest BCUT2D eigenvalue weighted by Gasteiger charge is -2.34. The molecule has 3 atom stereocenters. The number of likely N-dealkylation sites (tertiary alicyclic amines) is 1. The number of nitrogens with one attached hydrogen (secondary N) is 1. The molecule has 2 N–H and O–H groups in total. The van der Waals surface area contributed by atoms with Crippen molar-refractivity contribution in [3.05, 3.63) is 53.3 Å². The summed E-state index contributed by atoms with van der Waals surface area (Å²) in [5, 5.41) is 16.5. The molecule has 9 heteroatoms. The summed E-state index contributed by atoms with van der Waals surface area (Å²) in [6, 6.07) is 13.9.